The molecule has 1 rings (SSSR count). The van der Waals surface area contributed by atoms with Crippen LogP contribution in [0.5, 0.6) is 0 Å². The number of carbonyl (C=O) groups excluding carboxylic acids is 1. The van der Waals surface area contributed by atoms with Crippen molar-refractivity contribution in [3.8, 4) is 6.07 Å². The summed E-state index contributed by atoms with van der Waals surface area (Å²) in [7, 11) is 0. The highest BCUT2D eigenvalue weighted by molar-refractivity contribution is 5.69. The van der Waals surface area contributed by atoms with Gasteiger partial charge in [-0.25, -0.2) is 9.59 Å². The second-order valence-electron chi connectivity index (χ2n) is 5.95. The average Bonchev–Trinajstić information content (AvgIpc) is 2.28. The Morgan fingerprint density at radius 2 is 1.90 bits per heavy atom. The van der Waals surface area contributed by atoms with E-state index in [9.17, 15) is 9.59 Å². The van der Waals surface area contributed by atoms with E-state index in [1.807, 2.05) is 0 Å². The van der Waals surface area contributed by atoms with Crippen molar-refractivity contribution in [3.63, 3.8) is 0 Å². The van der Waals surface area contributed by atoms with Crippen molar-refractivity contribution in [2.45, 2.75) is 57.7 Å². The SMILES string of the molecule is CC(C)(C)OC(=O)N[C@@H]1C[C@@H](C#N)CC[C@@H]1NC(=O)O. The zero-order valence-corrected chi connectivity index (χ0v) is 12.0. The number of alkyl carbamates (subject to hydrolysis) is 1. The lowest BCUT2D eigenvalue weighted by Crippen LogP contribution is -2.54. The lowest BCUT2D eigenvalue weighted by atomic mass is 9.83. The molecule has 0 heterocycles. The van der Waals surface area contributed by atoms with Crippen LogP contribution in [0.1, 0.15) is 40.0 Å². The molecule has 0 aromatic carbocycles. The van der Waals surface area contributed by atoms with E-state index >= 15 is 0 Å². The summed E-state index contributed by atoms with van der Waals surface area (Å²) in [6, 6.07) is 1.33. The van der Waals surface area contributed by atoms with Gasteiger partial charge in [0.2, 0.25) is 0 Å². The molecule has 0 unspecified atom stereocenters. The van der Waals surface area contributed by atoms with Crippen LogP contribution in [-0.2, 0) is 4.74 Å². The Labute approximate surface area is 118 Å². The molecule has 2 amide bonds. The number of ether oxygens (including phenoxy) is 1. The van der Waals surface area contributed by atoms with Crippen LogP contribution in [0, 0.1) is 17.2 Å². The summed E-state index contributed by atoms with van der Waals surface area (Å²) in [5.74, 6) is -0.179. The summed E-state index contributed by atoms with van der Waals surface area (Å²) < 4.78 is 5.15. The monoisotopic (exact) mass is 283 g/mol. The van der Waals surface area contributed by atoms with E-state index in [1.54, 1.807) is 20.8 Å². The van der Waals surface area contributed by atoms with Gasteiger partial charge in [0, 0.05) is 5.92 Å². The van der Waals surface area contributed by atoms with Crippen LogP contribution < -0.4 is 10.6 Å². The topological polar surface area (TPSA) is 111 Å². The van der Waals surface area contributed by atoms with Gasteiger partial charge in [-0.3, -0.25) is 0 Å². The smallest absolute Gasteiger partial charge is 0.407 e. The zero-order chi connectivity index (χ0) is 15.3. The maximum Gasteiger partial charge on any atom is 0.407 e. The van der Waals surface area contributed by atoms with Crippen molar-refractivity contribution in [2.75, 3.05) is 0 Å². The van der Waals surface area contributed by atoms with Crippen molar-refractivity contribution >= 4 is 12.2 Å². The molecule has 1 aliphatic carbocycles. The minimum Gasteiger partial charge on any atom is -0.465 e. The number of carboxylic acid groups (broad SMARTS) is 1. The summed E-state index contributed by atoms with van der Waals surface area (Å²) in [4.78, 5) is 22.5. The Balaban J connectivity index is 2.66. The number of hydrogen-bond acceptors (Lipinski definition) is 4. The van der Waals surface area contributed by atoms with Crippen molar-refractivity contribution in [1.29, 1.82) is 5.26 Å². The van der Waals surface area contributed by atoms with Gasteiger partial charge in [0.25, 0.3) is 0 Å². The molecule has 3 N–H and O–H groups in total. The molecule has 20 heavy (non-hydrogen) atoms. The Hall–Kier alpha value is -1.97. The number of nitrogens with one attached hydrogen (secondary N) is 2. The van der Waals surface area contributed by atoms with Gasteiger partial charge in [0.05, 0.1) is 18.2 Å². The lowest BCUT2D eigenvalue weighted by Gasteiger charge is -2.34. The standard InChI is InChI=1S/C13H21N3O4/c1-13(2,3)20-12(19)16-10-6-8(7-14)4-5-9(10)15-11(17)18/h8-10,15H,4-6H2,1-3H3,(H,16,19)(H,17,18)/t8-,9-,10+/m0/s1. The molecule has 112 valence electrons. The lowest BCUT2D eigenvalue weighted by molar-refractivity contribution is 0.0472. The Morgan fingerprint density at radius 3 is 2.40 bits per heavy atom. The third-order valence-electron chi connectivity index (χ3n) is 3.04. The largest absolute Gasteiger partial charge is 0.465 e. The highest BCUT2D eigenvalue weighted by Gasteiger charge is 2.33. The van der Waals surface area contributed by atoms with Crippen molar-refractivity contribution in [2.24, 2.45) is 5.92 Å². The summed E-state index contributed by atoms with van der Waals surface area (Å²) in [6.07, 6.45) is -0.181. The highest BCUT2D eigenvalue weighted by Crippen LogP contribution is 2.24. The molecule has 1 aliphatic rings. The van der Waals surface area contributed by atoms with Crippen LogP contribution in [0.15, 0.2) is 0 Å². The number of nitriles is 1. The molecule has 0 spiro atoms. The van der Waals surface area contributed by atoms with E-state index in [0.717, 1.165) is 0 Å². The quantitative estimate of drug-likeness (QED) is 0.716. The van der Waals surface area contributed by atoms with Crippen molar-refractivity contribution in [1.82, 2.24) is 10.6 Å². The average molecular weight is 283 g/mol. The molecular formula is C13H21N3O4. The van der Waals surface area contributed by atoms with E-state index in [2.05, 4.69) is 16.7 Å². The first kappa shape index (κ1) is 16.1. The summed E-state index contributed by atoms with van der Waals surface area (Å²) in [5, 5.41) is 22.8. The molecule has 7 nitrogen and oxygen atoms in total. The maximum atomic E-state index is 11.8. The van der Waals surface area contributed by atoms with Gasteiger partial charge in [-0.1, -0.05) is 0 Å². The molecule has 0 aromatic heterocycles. The Kier molecular flexibility index (Phi) is 5.19. The second kappa shape index (κ2) is 6.46. The van der Waals surface area contributed by atoms with E-state index in [4.69, 9.17) is 15.1 Å². The van der Waals surface area contributed by atoms with Gasteiger partial charge in [0.15, 0.2) is 0 Å². The van der Waals surface area contributed by atoms with Crippen LogP contribution in [0.3, 0.4) is 0 Å². The van der Waals surface area contributed by atoms with Gasteiger partial charge in [-0.05, 0) is 40.0 Å². The normalized spacial score (nSPS) is 26.2. The zero-order valence-electron chi connectivity index (χ0n) is 12.0. The predicted octanol–water partition coefficient (Wildman–Crippen LogP) is 1.84. The fraction of sp³-hybridized carbons (Fsp3) is 0.769. The third-order valence-corrected chi connectivity index (χ3v) is 3.04. The Morgan fingerprint density at radius 1 is 1.25 bits per heavy atom. The molecule has 0 saturated heterocycles. The van der Waals surface area contributed by atoms with E-state index < -0.39 is 29.9 Å². The minimum atomic E-state index is -1.14. The third kappa shape index (κ3) is 5.34. The molecule has 0 aromatic rings. The molecule has 0 aliphatic heterocycles. The predicted molar refractivity (Wildman–Crippen MR) is 71.1 cm³/mol. The molecular weight excluding hydrogens is 262 g/mol. The van der Waals surface area contributed by atoms with Gasteiger partial charge in [-0.15, -0.1) is 0 Å². The van der Waals surface area contributed by atoms with E-state index in [0.29, 0.717) is 19.3 Å². The molecule has 1 fully saturated rings. The molecule has 7 heteroatoms. The molecule has 0 radical (unpaired) electrons. The van der Waals surface area contributed by atoms with Crippen molar-refractivity contribution in [3.05, 3.63) is 0 Å². The van der Waals surface area contributed by atoms with Crippen LogP contribution in [-0.4, -0.2) is 35.0 Å². The summed E-state index contributed by atoms with van der Waals surface area (Å²) >= 11 is 0. The Bertz CT molecular complexity index is 411. The summed E-state index contributed by atoms with van der Waals surface area (Å²) in [5.41, 5.74) is -0.622. The van der Waals surface area contributed by atoms with Gasteiger partial charge >= 0.3 is 12.2 Å². The molecule has 0 bridgehead atoms. The number of amides is 2. The summed E-state index contributed by atoms with van der Waals surface area (Å²) in [6.45, 7) is 5.25. The van der Waals surface area contributed by atoms with E-state index in [-0.39, 0.29) is 5.92 Å². The number of rotatable bonds is 2. The van der Waals surface area contributed by atoms with Crippen molar-refractivity contribution < 1.29 is 19.4 Å². The molecule has 1 saturated carbocycles. The first-order valence-electron chi connectivity index (χ1n) is 6.60. The minimum absolute atomic E-state index is 0.179. The number of nitrogens with zero attached hydrogens (tertiary/aromatic N) is 1. The first-order chi connectivity index (χ1) is 9.21. The number of carbonyl (C=O) groups is 2. The van der Waals surface area contributed by atoms with Crippen LogP contribution >= 0.6 is 0 Å². The van der Waals surface area contributed by atoms with Gasteiger partial charge in [-0.2, -0.15) is 5.26 Å². The first-order valence-corrected chi connectivity index (χ1v) is 6.60. The van der Waals surface area contributed by atoms with Crippen LogP contribution in [0.25, 0.3) is 0 Å². The highest BCUT2D eigenvalue weighted by atomic mass is 16.6. The van der Waals surface area contributed by atoms with Crippen LogP contribution in [0.2, 0.25) is 0 Å². The van der Waals surface area contributed by atoms with Gasteiger partial charge in [0.1, 0.15) is 5.60 Å². The van der Waals surface area contributed by atoms with E-state index in [1.165, 1.54) is 0 Å². The molecule has 3 atom stereocenters. The second-order valence-corrected chi connectivity index (χ2v) is 5.95. The number of hydrogen-bond donors (Lipinski definition) is 3. The fourth-order valence-electron chi connectivity index (χ4n) is 2.24. The fourth-order valence-corrected chi connectivity index (χ4v) is 2.24. The van der Waals surface area contributed by atoms with Gasteiger partial charge < -0.3 is 20.5 Å². The van der Waals surface area contributed by atoms with Crippen LogP contribution in [0.4, 0.5) is 9.59 Å². The maximum absolute atomic E-state index is 11.8.